The van der Waals surface area contributed by atoms with Gasteiger partial charge in [0.15, 0.2) is 6.29 Å². The summed E-state index contributed by atoms with van der Waals surface area (Å²) in [5, 5.41) is 9.22. The van der Waals surface area contributed by atoms with Gasteiger partial charge in [0.2, 0.25) is 0 Å². The van der Waals surface area contributed by atoms with E-state index in [0.717, 1.165) is 12.8 Å². The highest BCUT2D eigenvalue weighted by atomic mass is 16.6. The molecule has 0 aliphatic carbocycles. The molecule has 2 nitrogen and oxygen atoms in total. The second kappa shape index (κ2) is 3.11. The van der Waals surface area contributed by atoms with Crippen molar-refractivity contribution in [1.29, 1.82) is 0 Å². The molecule has 2 heteroatoms. The minimum Gasteiger partial charge on any atom is -0.368 e. The van der Waals surface area contributed by atoms with Gasteiger partial charge in [0, 0.05) is 6.42 Å². The Kier molecular flexibility index (Phi) is 2.55. The second-order valence-electron chi connectivity index (χ2n) is 4.41. The van der Waals surface area contributed by atoms with Crippen molar-refractivity contribution in [3.05, 3.63) is 0 Å². The van der Waals surface area contributed by atoms with E-state index in [1.54, 1.807) is 0 Å². The van der Waals surface area contributed by atoms with Crippen molar-refractivity contribution in [2.24, 2.45) is 11.3 Å². The second-order valence-corrected chi connectivity index (χ2v) is 4.41. The third-order valence-electron chi connectivity index (χ3n) is 2.49. The largest absolute Gasteiger partial charge is 0.368 e. The van der Waals surface area contributed by atoms with E-state index >= 15 is 0 Å². The molecule has 0 bridgehead atoms. The van der Waals surface area contributed by atoms with E-state index in [4.69, 9.17) is 4.74 Å². The molecule has 0 aromatic carbocycles. The van der Waals surface area contributed by atoms with Gasteiger partial charge < -0.3 is 9.84 Å². The number of hydrogen-bond donors (Lipinski definition) is 1. The fourth-order valence-electron chi connectivity index (χ4n) is 1.56. The summed E-state index contributed by atoms with van der Waals surface area (Å²) in [5.74, 6) is 0.603. The summed E-state index contributed by atoms with van der Waals surface area (Å²) in [6.07, 6.45) is 1.36. The van der Waals surface area contributed by atoms with Gasteiger partial charge in [-0.1, -0.05) is 20.8 Å². The van der Waals surface area contributed by atoms with Crippen LogP contribution in [-0.2, 0) is 4.74 Å². The molecule has 1 fully saturated rings. The molecular weight excluding hydrogens is 140 g/mol. The summed E-state index contributed by atoms with van der Waals surface area (Å²) in [7, 11) is 0. The first-order valence-electron chi connectivity index (χ1n) is 4.30. The van der Waals surface area contributed by atoms with Gasteiger partial charge in [-0.3, -0.25) is 0 Å². The molecule has 0 unspecified atom stereocenters. The van der Waals surface area contributed by atoms with E-state index in [9.17, 15) is 5.11 Å². The van der Waals surface area contributed by atoms with Crippen molar-refractivity contribution in [2.75, 3.05) is 6.61 Å². The molecule has 0 radical (unpaired) electrons. The fourth-order valence-corrected chi connectivity index (χ4v) is 1.56. The fraction of sp³-hybridized carbons (Fsp3) is 1.00. The van der Waals surface area contributed by atoms with Gasteiger partial charge in [-0.25, -0.2) is 0 Å². The Bertz CT molecular complexity index is 126. The van der Waals surface area contributed by atoms with Crippen molar-refractivity contribution in [3.8, 4) is 0 Å². The van der Waals surface area contributed by atoms with Gasteiger partial charge >= 0.3 is 0 Å². The molecule has 2 atom stereocenters. The van der Waals surface area contributed by atoms with Crippen molar-refractivity contribution in [2.45, 2.75) is 39.9 Å². The lowest BCUT2D eigenvalue weighted by Gasteiger charge is -2.35. The lowest BCUT2D eigenvalue weighted by molar-refractivity contribution is -0.150. The lowest BCUT2D eigenvalue weighted by Crippen LogP contribution is -2.32. The predicted octanol–water partition coefficient (Wildman–Crippen LogP) is 1.78. The van der Waals surface area contributed by atoms with Crippen molar-refractivity contribution >= 4 is 0 Å². The quantitative estimate of drug-likeness (QED) is 0.582. The van der Waals surface area contributed by atoms with E-state index in [0.29, 0.717) is 17.9 Å². The van der Waals surface area contributed by atoms with Crippen LogP contribution in [0.4, 0.5) is 0 Å². The molecule has 1 aliphatic heterocycles. The average molecular weight is 158 g/mol. The molecule has 1 saturated heterocycles. The summed E-state index contributed by atoms with van der Waals surface area (Å²) in [4.78, 5) is 0. The molecule has 66 valence electrons. The third-order valence-corrected chi connectivity index (χ3v) is 2.49. The summed E-state index contributed by atoms with van der Waals surface area (Å²) in [6.45, 7) is 7.37. The standard InChI is InChI=1S/C9H18O2/c1-9(2,3)7-4-5-11-8(10)6-7/h7-8,10H,4-6H2,1-3H3/t7-,8-/m0/s1. The highest BCUT2D eigenvalue weighted by molar-refractivity contribution is 4.77. The highest BCUT2D eigenvalue weighted by Gasteiger charge is 2.29. The van der Waals surface area contributed by atoms with Crippen molar-refractivity contribution in [3.63, 3.8) is 0 Å². The Morgan fingerprint density at radius 2 is 2.00 bits per heavy atom. The van der Waals surface area contributed by atoms with Crippen LogP contribution in [0.2, 0.25) is 0 Å². The summed E-state index contributed by atoms with van der Waals surface area (Å²) in [5.41, 5.74) is 0.310. The number of aliphatic hydroxyl groups is 1. The molecule has 0 amide bonds. The molecule has 11 heavy (non-hydrogen) atoms. The van der Waals surface area contributed by atoms with Crippen LogP contribution in [-0.4, -0.2) is 18.0 Å². The Balaban J connectivity index is 2.46. The Morgan fingerprint density at radius 1 is 1.36 bits per heavy atom. The summed E-state index contributed by atoms with van der Waals surface area (Å²) in [6, 6.07) is 0. The normalized spacial score (nSPS) is 33.8. The maximum absolute atomic E-state index is 9.22. The Labute approximate surface area is 68.6 Å². The Morgan fingerprint density at radius 3 is 2.36 bits per heavy atom. The molecule has 0 saturated carbocycles. The Hall–Kier alpha value is -0.0800. The van der Waals surface area contributed by atoms with Crippen molar-refractivity contribution < 1.29 is 9.84 Å². The van der Waals surface area contributed by atoms with Crippen LogP contribution in [0.1, 0.15) is 33.6 Å². The molecule has 1 N–H and O–H groups in total. The molecule has 0 spiro atoms. The smallest absolute Gasteiger partial charge is 0.154 e. The third kappa shape index (κ3) is 2.46. The molecule has 0 aromatic heterocycles. The average Bonchev–Trinajstić information content (AvgIpc) is 1.86. The number of aliphatic hydroxyl groups excluding tert-OH is 1. The number of hydrogen-bond acceptors (Lipinski definition) is 2. The first-order valence-corrected chi connectivity index (χ1v) is 4.30. The number of ether oxygens (including phenoxy) is 1. The maximum atomic E-state index is 9.22. The monoisotopic (exact) mass is 158 g/mol. The molecule has 1 heterocycles. The van der Waals surface area contributed by atoms with Crippen LogP contribution in [0.3, 0.4) is 0 Å². The molecule has 1 rings (SSSR count). The zero-order valence-electron chi connectivity index (χ0n) is 7.63. The van der Waals surface area contributed by atoms with Crippen LogP contribution in [0.5, 0.6) is 0 Å². The van der Waals surface area contributed by atoms with E-state index < -0.39 is 6.29 Å². The van der Waals surface area contributed by atoms with E-state index in [1.807, 2.05) is 0 Å². The van der Waals surface area contributed by atoms with Gasteiger partial charge in [-0.15, -0.1) is 0 Å². The van der Waals surface area contributed by atoms with Gasteiger partial charge in [-0.05, 0) is 17.8 Å². The summed E-state index contributed by atoms with van der Waals surface area (Å²) >= 11 is 0. The number of rotatable bonds is 0. The van der Waals surface area contributed by atoms with Gasteiger partial charge in [0.25, 0.3) is 0 Å². The van der Waals surface area contributed by atoms with E-state index in [2.05, 4.69) is 20.8 Å². The van der Waals surface area contributed by atoms with Crippen LogP contribution in [0.25, 0.3) is 0 Å². The molecule has 0 aromatic rings. The first kappa shape index (κ1) is 9.01. The molecule has 1 aliphatic rings. The first-order chi connectivity index (χ1) is 5.00. The van der Waals surface area contributed by atoms with Gasteiger partial charge in [0.1, 0.15) is 0 Å². The minimum absolute atomic E-state index is 0.310. The van der Waals surface area contributed by atoms with Crippen LogP contribution in [0.15, 0.2) is 0 Å². The topological polar surface area (TPSA) is 29.5 Å². The van der Waals surface area contributed by atoms with Crippen LogP contribution < -0.4 is 0 Å². The van der Waals surface area contributed by atoms with Gasteiger partial charge in [-0.2, -0.15) is 0 Å². The maximum Gasteiger partial charge on any atom is 0.154 e. The molecular formula is C9H18O2. The summed E-state index contributed by atoms with van der Waals surface area (Å²) < 4.78 is 5.06. The minimum atomic E-state index is -0.520. The van der Waals surface area contributed by atoms with E-state index in [-0.39, 0.29) is 0 Å². The van der Waals surface area contributed by atoms with Crippen LogP contribution in [0, 0.1) is 11.3 Å². The van der Waals surface area contributed by atoms with Crippen LogP contribution >= 0.6 is 0 Å². The van der Waals surface area contributed by atoms with E-state index in [1.165, 1.54) is 0 Å². The lowest BCUT2D eigenvalue weighted by atomic mass is 9.76. The SMILES string of the molecule is CC(C)(C)[C@H]1CCO[C@H](O)C1. The zero-order valence-corrected chi connectivity index (χ0v) is 7.63. The van der Waals surface area contributed by atoms with Gasteiger partial charge in [0.05, 0.1) is 6.61 Å². The predicted molar refractivity (Wildman–Crippen MR) is 44.1 cm³/mol. The van der Waals surface area contributed by atoms with Crippen molar-refractivity contribution in [1.82, 2.24) is 0 Å². The zero-order chi connectivity index (χ0) is 8.48. The highest BCUT2D eigenvalue weighted by Crippen LogP contribution is 2.34.